The molecule has 7 heteroatoms. The molecule has 0 spiro atoms. The van der Waals surface area contributed by atoms with E-state index in [9.17, 15) is 13.6 Å². The molecule has 0 saturated carbocycles. The quantitative estimate of drug-likeness (QED) is 0.658. The number of rotatable bonds is 4. The topological polar surface area (TPSA) is 58.2 Å². The van der Waals surface area contributed by atoms with E-state index in [4.69, 9.17) is 4.74 Å². The Bertz CT molecular complexity index is 1020. The molecule has 2 heterocycles. The zero-order valence-corrected chi connectivity index (χ0v) is 16.6. The van der Waals surface area contributed by atoms with E-state index in [0.29, 0.717) is 30.0 Å². The number of likely N-dealkylation sites (tertiary alicyclic amines) is 1. The number of carbonyl (C=O) groups excluding carboxylic acids is 1. The molecule has 1 aliphatic rings. The van der Waals surface area contributed by atoms with Crippen LogP contribution in [-0.2, 0) is 11.3 Å². The van der Waals surface area contributed by atoms with Gasteiger partial charge in [-0.05, 0) is 42.7 Å². The maximum Gasteiger partial charge on any atom is 0.410 e. The van der Waals surface area contributed by atoms with Crippen molar-refractivity contribution in [2.75, 3.05) is 13.1 Å². The van der Waals surface area contributed by atoms with E-state index >= 15 is 0 Å². The van der Waals surface area contributed by atoms with Crippen molar-refractivity contribution in [2.45, 2.75) is 32.0 Å². The number of amides is 1. The number of ether oxygens (including phenoxy) is 1. The number of H-pyrrole nitrogens is 1. The molecule has 1 amide bonds. The van der Waals surface area contributed by atoms with Crippen LogP contribution < -0.4 is 0 Å². The lowest BCUT2D eigenvalue weighted by atomic mass is 9.94. The van der Waals surface area contributed by atoms with Gasteiger partial charge in [0.15, 0.2) is 0 Å². The molecule has 5 nitrogen and oxygen atoms in total. The summed E-state index contributed by atoms with van der Waals surface area (Å²) in [5.41, 5.74) is 2.93. The number of aromatic nitrogens is 2. The van der Waals surface area contributed by atoms with E-state index in [-0.39, 0.29) is 19.0 Å². The van der Waals surface area contributed by atoms with Gasteiger partial charge < -0.3 is 14.6 Å². The Morgan fingerprint density at radius 3 is 2.80 bits per heavy atom. The van der Waals surface area contributed by atoms with Gasteiger partial charge in [-0.2, -0.15) is 0 Å². The first-order valence-electron chi connectivity index (χ1n) is 9.92. The molecule has 2 atom stereocenters. The second-order valence-electron chi connectivity index (χ2n) is 7.54. The Morgan fingerprint density at radius 1 is 1.27 bits per heavy atom. The molecular formula is C23H23F2N3O2. The van der Waals surface area contributed by atoms with Crippen LogP contribution in [0.1, 0.15) is 29.3 Å². The van der Waals surface area contributed by atoms with Crippen LogP contribution in [0.5, 0.6) is 0 Å². The molecule has 30 heavy (non-hydrogen) atoms. The number of aryl methyl sites for hydroxylation is 1. The van der Waals surface area contributed by atoms with E-state index < -0.39 is 18.2 Å². The molecule has 1 saturated heterocycles. The fourth-order valence-electron chi connectivity index (χ4n) is 3.67. The summed E-state index contributed by atoms with van der Waals surface area (Å²) < 4.78 is 33.7. The fraction of sp³-hybridized carbons (Fsp3) is 0.304. The van der Waals surface area contributed by atoms with Gasteiger partial charge in [-0.3, -0.25) is 0 Å². The van der Waals surface area contributed by atoms with Crippen LogP contribution in [0.2, 0.25) is 0 Å². The van der Waals surface area contributed by atoms with Crippen molar-refractivity contribution in [1.82, 2.24) is 14.9 Å². The lowest BCUT2D eigenvalue weighted by Gasteiger charge is -2.33. The lowest BCUT2D eigenvalue weighted by Crippen LogP contribution is -2.44. The molecule has 0 bridgehead atoms. The molecule has 1 aliphatic heterocycles. The van der Waals surface area contributed by atoms with E-state index in [2.05, 4.69) is 9.97 Å². The van der Waals surface area contributed by atoms with Crippen molar-refractivity contribution in [3.63, 3.8) is 0 Å². The predicted molar refractivity (Wildman–Crippen MR) is 109 cm³/mol. The Hall–Kier alpha value is -3.22. The number of benzene rings is 2. The average molecular weight is 411 g/mol. The maximum absolute atomic E-state index is 14.9. The number of alkyl halides is 1. The van der Waals surface area contributed by atoms with E-state index in [1.54, 1.807) is 25.3 Å². The summed E-state index contributed by atoms with van der Waals surface area (Å²) >= 11 is 0. The largest absolute Gasteiger partial charge is 0.445 e. The highest BCUT2D eigenvalue weighted by atomic mass is 19.1. The number of hydrogen-bond acceptors (Lipinski definition) is 3. The van der Waals surface area contributed by atoms with Crippen LogP contribution in [0.3, 0.4) is 0 Å². The summed E-state index contributed by atoms with van der Waals surface area (Å²) in [6, 6.07) is 14.2. The van der Waals surface area contributed by atoms with Gasteiger partial charge in [-0.15, -0.1) is 0 Å². The lowest BCUT2D eigenvalue weighted by molar-refractivity contribution is 0.0641. The highest BCUT2D eigenvalue weighted by molar-refractivity contribution is 5.68. The van der Waals surface area contributed by atoms with Crippen LogP contribution in [0.25, 0.3) is 11.3 Å². The average Bonchev–Trinajstić information content (AvgIpc) is 3.24. The first-order chi connectivity index (χ1) is 14.5. The summed E-state index contributed by atoms with van der Waals surface area (Å²) in [4.78, 5) is 21.2. The number of imidazole rings is 1. The van der Waals surface area contributed by atoms with Crippen LogP contribution in [0, 0.1) is 12.7 Å². The third-order valence-corrected chi connectivity index (χ3v) is 5.42. The molecule has 1 aromatic heterocycles. The molecule has 156 valence electrons. The first-order valence-corrected chi connectivity index (χ1v) is 9.92. The van der Waals surface area contributed by atoms with E-state index in [1.807, 2.05) is 30.3 Å². The zero-order chi connectivity index (χ0) is 21.1. The smallest absolute Gasteiger partial charge is 0.410 e. The van der Waals surface area contributed by atoms with Crippen molar-refractivity contribution in [1.29, 1.82) is 0 Å². The van der Waals surface area contributed by atoms with Crippen LogP contribution in [0.4, 0.5) is 13.6 Å². The number of carbonyl (C=O) groups is 1. The second kappa shape index (κ2) is 8.65. The predicted octanol–water partition coefficient (Wildman–Crippen LogP) is 4.99. The minimum absolute atomic E-state index is 0.0377. The van der Waals surface area contributed by atoms with Crippen molar-refractivity contribution in [2.24, 2.45) is 0 Å². The van der Waals surface area contributed by atoms with Gasteiger partial charge in [0, 0.05) is 12.1 Å². The monoisotopic (exact) mass is 411 g/mol. The van der Waals surface area contributed by atoms with Crippen molar-refractivity contribution >= 4 is 6.09 Å². The number of aromatic amines is 1. The van der Waals surface area contributed by atoms with Gasteiger partial charge in [0.2, 0.25) is 0 Å². The van der Waals surface area contributed by atoms with Crippen molar-refractivity contribution in [3.05, 3.63) is 77.5 Å². The molecule has 0 unspecified atom stereocenters. The number of nitrogens with one attached hydrogen (secondary N) is 1. The minimum atomic E-state index is -1.25. The molecule has 0 aliphatic carbocycles. The molecular weight excluding hydrogens is 388 g/mol. The fourth-order valence-corrected chi connectivity index (χ4v) is 3.67. The van der Waals surface area contributed by atoms with Gasteiger partial charge in [-0.1, -0.05) is 30.3 Å². The zero-order valence-electron chi connectivity index (χ0n) is 16.6. The van der Waals surface area contributed by atoms with E-state index in [0.717, 1.165) is 11.1 Å². The Kier molecular flexibility index (Phi) is 5.79. The highest BCUT2D eigenvalue weighted by Crippen LogP contribution is 2.31. The summed E-state index contributed by atoms with van der Waals surface area (Å²) in [5, 5.41) is 0. The standard InChI is InChI=1S/C23H23F2N3O2/c1-15-11-17(7-8-19(15)24)21-12-26-22(27-21)18-9-10-28(13-20(18)25)23(29)30-14-16-5-3-2-4-6-16/h2-8,11-12,18,20H,9-10,13-14H2,1H3,(H,26,27)/t18-,20+/m1/s1. The van der Waals surface area contributed by atoms with E-state index in [1.165, 1.54) is 11.0 Å². The SMILES string of the molecule is Cc1cc(-c2cnc([C@@H]3CCN(C(=O)OCc4ccccc4)C[C@@H]3F)[nH]2)ccc1F. The Balaban J connectivity index is 1.37. The first kappa shape index (κ1) is 20.1. The summed E-state index contributed by atoms with van der Waals surface area (Å²) in [7, 11) is 0. The number of nitrogens with zero attached hydrogens (tertiary/aromatic N) is 2. The van der Waals surface area contributed by atoms with Crippen LogP contribution >= 0.6 is 0 Å². The molecule has 2 aromatic carbocycles. The Labute approximate surface area is 173 Å². The summed E-state index contributed by atoms with van der Waals surface area (Å²) in [5.74, 6) is -0.163. The molecule has 0 radical (unpaired) electrons. The maximum atomic E-state index is 14.9. The van der Waals surface area contributed by atoms with Crippen molar-refractivity contribution < 1.29 is 18.3 Å². The normalized spacial score (nSPS) is 19.0. The number of hydrogen-bond donors (Lipinski definition) is 1. The van der Waals surface area contributed by atoms with Gasteiger partial charge in [0.1, 0.15) is 24.4 Å². The molecule has 4 rings (SSSR count). The molecule has 3 aromatic rings. The van der Waals surface area contributed by atoms with Crippen LogP contribution in [-0.4, -0.2) is 40.2 Å². The highest BCUT2D eigenvalue weighted by Gasteiger charge is 2.34. The summed E-state index contributed by atoms with van der Waals surface area (Å²) in [6.45, 7) is 2.21. The third kappa shape index (κ3) is 4.35. The Morgan fingerprint density at radius 2 is 2.07 bits per heavy atom. The number of halogens is 2. The minimum Gasteiger partial charge on any atom is -0.445 e. The van der Waals surface area contributed by atoms with Gasteiger partial charge in [0.05, 0.1) is 24.4 Å². The second-order valence-corrected chi connectivity index (χ2v) is 7.54. The van der Waals surface area contributed by atoms with Gasteiger partial charge in [0.25, 0.3) is 0 Å². The van der Waals surface area contributed by atoms with Crippen molar-refractivity contribution in [3.8, 4) is 11.3 Å². The van der Waals surface area contributed by atoms with Gasteiger partial charge >= 0.3 is 6.09 Å². The van der Waals surface area contributed by atoms with Crippen LogP contribution in [0.15, 0.2) is 54.7 Å². The molecule has 1 N–H and O–H groups in total. The summed E-state index contributed by atoms with van der Waals surface area (Å²) in [6.07, 6.45) is 0.311. The molecule has 1 fully saturated rings. The number of piperidine rings is 1. The van der Waals surface area contributed by atoms with Gasteiger partial charge in [-0.25, -0.2) is 18.6 Å². The third-order valence-electron chi connectivity index (χ3n) is 5.42.